The molecule has 1 aliphatic heterocycles. The van der Waals surface area contributed by atoms with Crippen molar-refractivity contribution < 1.29 is 19.1 Å². The largest absolute Gasteiger partial charge is 0.469 e. The number of esters is 1. The van der Waals surface area contributed by atoms with Gasteiger partial charge in [-0.1, -0.05) is 30.3 Å². The maximum Gasteiger partial charge on any atom is 0.313 e. The molecule has 158 valence electrons. The van der Waals surface area contributed by atoms with Gasteiger partial charge in [-0.2, -0.15) is 0 Å². The Hall–Kier alpha value is -1.92. The lowest BCUT2D eigenvalue weighted by Gasteiger charge is -2.46. The minimum absolute atomic E-state index is 0.0648. The Kier molecular flexibility index (Phi) is 8.20. The highest BCUT2D eigenvalue weighted by Gasteiger charge is 2.57. The van der Waals surface area contributed by atoms with Crippen molar-refractivity contribution in [1.29, 1.82) is 0 Å². The van der Waals surface area contributed by atoms with E-state index in [2.05, 4.69) is 10.1 Å². The van der Waals surface area contributed by atoms with Crippen LogP contribution < -0.4 is 5.32 Å². The maximum absolute atomic E-state index is 13.6. The number of rotatable bonds is 6. The van der Waals surface area contributed by atoms with Crippen LogP contribution in [0.1, 0.15) is 39.7 Å². The third-order valence-corrected chi connectivity index (χ3v) is 6.12. The Morgan fingerprint density at radius 3 is 2.14 bits per heavy atom. The minimum atomic E-state index is -0.816. The van der Waals surface area contributed by atoms with Crippen molar-refractivity contribution in [2.45, 2.75) is 45.1 Å². The van der Waals surface area contributed by atoms with Crippen LogP contribution in [0, 0.1) is 5.41 Å². The van der Waals surface area contributed by atoms with Gasteiger partial charge < -0.3 is 19.7 Å². The third-order valence-electron chi connectivity index (χ3n) is 6.12. The number of nitrogens with zero attached hydrogens (tertiary/aromatic N) is 1. The summed E-state index contributed by atoms with van der Waals surface area (Å²) >= 11 is 0. The summed E-state index contributed by atoms with van der Waals surface area (Å²) in [5, 5.41) is 3.18. The van der Waals surface area contributed by atoms with Crippen molar-refractivity contribution in [3.05, 3.63) is 35.9 Å². The molecule has 1 heterocycles. The van der Waals surface area contributed by atoms with Crippen molar-refractivity contribution in [3.63, 3.8) is 0 Å². The van der Waals surface area contributed by atoms with Crippen LogP contribution in [0.25, 0.3) is 0 Å². The second-order valence-electron chi connectivity index (χ2n) is 8.27. The van der Waals surface area contributed by atoms with Crippen LogP contribution in [0.15, 0.2) is 30.3 Å². The number of nitrogens with one attached hydrogen (secondary N) is 1. The quantitative estimate of drug-likeness (QED) is 0.754. The number of carbonyl (C=O) groups is 2. The first kappa shape index (κ1) is 24.1. The number of methoxy groups -OCH3 is 2. The van der Waals surface area contributed by atoms with E-state index in [-0.39, 0.29) is 11.9 Å². The molecule has 0 saturated carbocycles. The number of amides is 1. The van der Waals surface area contributed by atoms with E-state index in [4.69, 9.17) is 4.74 Å². The van der Waals surface area contributed by atoms with Crippen LogP contribution >= 0.6 is 0 Å². The molecule has 6 nitrogen and oxygen atoms in total. The van der Waals surface area contributed by atoms with Gasteiger partial charge >= 0.3 is 5.97 Å². The fraction of sp³-hybridized carbons (Fsp3) is 0.636. The Labute approximate surface area is 169 Å². The second-order valence-corrected chi connectivity index (χ2v) is 8.27. The fourth-order valence-electron chi connectivity index (χ4n) is 3.74. The summed E-state index contributed by atoms with van der Waals surface area (Å²) in [6.45, 7) is 8.76. The van der Waals surface area contributed by atoms with E-state index < -0.39 is 16.4 Å². The first-order valence-electron chi connectivity index (χ1n) is 9.57. The molecule has 6 heteroatoms. The van der Waals surface area contributed by atoms with E-state index in [1.54, 1.807) is 14.2 Å². The molecule has 1 aromatic carbocycles. The predicted molar refractivity (Wildman–Crippen MR) is 111 cm³/mol. The smallest absolute Gasteiger partial charge is 0.313 e. The molecule has 1 atom stereocenters. The van der Waals surface area contributed by atoms with Crippen molar-refractivity contribution in [3.8, 4) is 0 Å². The topological polar surface area (TPSA) is 67.9 Å². The lowest BCUT2D eigenvalue weighted by atomic mass is 9.72. The van der Waals surface area contributed by atoms with E-state index in [9.17, 15) is 9.59 Å². The number of hydrogen-bond donors (Lipinski definition) is 1. The zero-order valence-corrected chi connectivity index (χ0v) is 18.6. The molecule has 28 heavy (non-hydrogen) atoms. The standard InChI is InChI=1S/C20H30N2O3.C2H6O/c1-18(2,17(24)25-6)19(3,4)22-13-12-20(14-21-5,16(22)23)15-10-8-7-9-11-15;1-3-2/h7-11,21H,12-14H2,1-6H3;1-2H3. The molecular formula is C22H36N2O4. The van der Waals surface area contributed by atoms with Gasteiger partial charge in [0, 0.05) is 27.3 Å². The van der Waals surface area contributed by atoms with Crippen LogP contribution in [0.3, 0.4) is 0 Å². The summed E-state index contributed by atoms with van der Waals surface area (Å²) in [6.07, 6.45) is 0.720. The third kappa shape index (κ3) is 4.23. The molecule has 1 fully saturated rings. The monoisotopic (exact) mass is 392 g/mol. The Bertz CT molecular complexity index is 658. The molecule has 0 radical (unpaired) electrons. The van der Waals surface area contributed by atoms with Crippen molar-refractivity contribution >= 4 is 11.9 Å². The number of benzene rings is 1. The van der Waals surface area contributed by atoms with Crippen molar-refractivity contribution in [2.75, 3.05) is 41.5 Å². The highest BCUT2D eigenvalue weighted by molar-refractivity contribution is 5.92. The average Bonchev–Trinajstić information content (AvgIpc) is 3.00. The molecule has 0 aromatic heterocycles. The molecule has 0 aliphatic carbocycles. The molecule has 0 spiro atoms. The van der Waals surface area contributed by atoms with E-state index >= 15 is 0 Å². The number of hydrogen-bond acceptors (Lipinski definition) is 5. The zero-order valence-electron chi connectivity index (χ0n) is 18.6. The molecule has 1 aromatic rings. The summed E-state index contributed by atoms with van der Waals surface area (Å²) in [7, 11) is 6.51. The van der Waals surface area contributed by atoms with Gasteiger partial charge in [-0.3, -0.25) is 9.59 Å². The minimum Gasteiger partial charge on any atom is -0.469 e. The molecular weight excluding hydrogens is 356 g/mol. The second kappa shape index (κ2) is 9.52. The molecule has 1 unspecified atom stereocenters. The normalized spacial score (nSPS) is 19.9. The molecule has 1 saturated heterocycles. The maximum atomic E-state index is 13.6. The van der Waals surface area contributed by atoms with E-state index in [1.165, 1.54) is 7.11 Å². The van der Waals surface area contributed by atoms with Crippen molar-refractivity contribution in [2.24, 2.45) is 5.41 Å². The van der Waals surface area contributed by atoms with Gasteiger partial charge in [0.1, 0.15) is 0 Å². The summed E-state index contributed by atoms with van der Waals surface area (Å²) in [5.41, 5.74) is -1.06. The molecule has 1 aliphatic rings. The number of carbonyl (C=O) groups excluding carboxylic acids is 2. The van der Waals surface area contributed by atoms with Crippen LogP contribution in [0.2, 0.25) is 0 Å². The summed E-state index contributed by atoms with van der Waals surface area (Å²) in [4.78, 5) is 27.7. The Morgan fingerprint density at radius 1 is 1.14 bits per heavy atom. The van der Waals surface area contributed by atoms with Gasteiger partial charge in [-0.05, 0) is 46.7 Å². The molecule has 1 amide bonds. The Morgan fingerprint density at radius 2 is 1.68 bits per heavy atom. The predicted octanol–water partition coefficient (Wildman–Crippen LogP) is 2.62. The molecule has 2 rings (SSSR count). The lowest BCUT2D eigenvalue weighted by Crippen LogP contribution is -2.59. The van der Waals surface area contributed by atoms with E-state index in [1.807, 2.05) is 70.0 Å². The van der Waals surface area contributed by atoms with E-state index in [0.717, 1.165) is 12.0 Å². The van der Waals surface area contributed by atoms with Gasteiger partial charge in [0.25, 0.3) is 0 Å². The van der Waals surface area contributed by atoms with Gasteiger partial charge in [0.15, 0.2) is 0 Å². The van der Waals surface area contributed by atoms with Gasteiger partial charge in [0.2, 0.25) is 5.91 Å². The highest BCUT2D eigenvalue weighted by atomic mass is 16.5. The summed E-state index contributed by atoms with van der Waals surface area (Å²) in [5.74, 6) is -0.244. The first-order chi connectivity index (χ1) is 13.1. The Balaban J connectivity index is 0.00000122. The summed E-state index contributed by atoms with van der Waals surface area (Å²) < 4.78 is 9.24. The number of ether oxygens (including phenoxy) is 2. The molecule has 0 bridgehead atoms. The van der Waals surface area contributed by atoms with E-state index in [0.29, 0.717) is 13.1 Å². The average molecular weight is 393 g/mol. The van der Waals surface area contributed by atoms with Gasteiger partial charge in [0.05, 0.1) is 23.5 Å². The lowest BCUT2D eigenvalue weighted by molar-refractivity contribution is -0.162. The zero-order chi connectivity index (χ0) is 21.6. The highest BCUT2D eigenvalue weighted by Crippen LogP contribution is 2.44. The van der Waals surface area contributed by atoms with Crippen molar-refractivity contribution in [1.82, 2.24) is 10.2 Å². The molecule has 1 N–H and O–H groups in total. The van der Waals surface area contributed by atoms with Crippen LogP contribution in [0.4, 0.5) is 0 Å². The van der Waals surface area contributed by atoms with Crippen LogP contribution in [-0.2, 0) is 24.5 Å². The first-order valence-corrected chi connectivity index (χ1v) is 9.57. The SMILES string of the molecule is CNCC1(c2ccccc2)CCN(C(C)(C)C(C)(C)C(=O)OC)C1=O.COC. The van der Waals surface area contributed by atoms with Crippen LogP contribution in [-0.4, -0.2) is 63.8 Å². The fourth-order valence-corrected chi connectivity index (χ4v) is 3.74. The van der Waals surface area contributed by atoms with Crippen LogP contribution in [0.5, 0.6) is 0 Å². The summed E-state index contributed by atoms with van der Waals surface area (Å²) in [6, 6.07) is 9.91. The number of likely N-dealkylation sites (tertiary alicyclic amines) is 1. The van der Waals surface area contributed by atoms with Gasteiger partial charge in [-0.25, -0.2) is 0 Å². The number of likely N-dealkylation sites (N-methyl/N-ethyl adjacent to an activating group) is 1. The van der Waals surface area contributed by atoms with Gasteiger partial charge in [-0.15, -0.1) is 0 Å².